The zero-order chi connectivity index (χ0) is 15.5. The van der Waals surface area contributed by atoms with Gasteiger partial charge in [0.05, 0.1) is 19.4 Å². The Kier molecular flexibility index (Phi) is 4.50. The lowest BCUT2D eigenvalue weighted by Crippen LogP contribution is -2.34. The fourth-order valence-corrected chi connectivity index (χ4v) is 2.65. The van der Waals surface area contributed by atoms with Crippen LogP contribution in [0.5, 0.6) is 0 Å². The number of nitrogens with one attached hydrogen (secondary N) is 1. The smallest absolute Gasteiger partial charge is 0.238 e. The van der Waals surface area contributed by atoms with Gasteiger partial charge in [-0.15, -0.1) is 0 Å². The van der Waals surface area contributed by atoms with Crippen LogP contribution in [0.2, 0.25) is 5.02 Å². The van der Waals surface area contributed by atoms with Crippen molar-refractivity contribution in [3.05, 3.63) is 52.9 Å². The first kappa shape index (κ1) is 15.1. The summed E-state index contributed by atoms with van der Waals surface area (Å²) in [5, 5.41) is 3.61. The summed E-state index contributed by atoms with van der Waals surface area (Å²) in [4.78, 5) is 14.5. The molecule has 5 heteroatoms. The Labute approximate surface area is 135 Å². The highest BCUT2D eigenvalue weighted by Gasteiger charge is 2.30. The SMILES string of the molecule is Cc1c(Cl)cccc1NC(=O)CN(Cc1ccco1)C1CC1. The van der Waals surface area contributed by atoms with E-state index in [2.05, 4.69) is 10.2 Å². The summed E-state index contributed by atoms with van der Waals surface area (Å²) in [5.41, 5.74) is 1.66. The number of amides is 1. The van der Waals surface area contributed by atoms with Crippen molar-refractivity contribution < 1.29 is 9.21 Å². The van der Waals surface area contributed by atoms with Crippen molar-refractivity contribution in [1.29, 1.82) is 0 Å². The Bertz CT molecular complexity index is 651. The Hall–Kier alpha value is -1.78. The van der Waals surface area contributed by atoms with Crippen molar-refractivity contribution in [2.75, 3.05) is 11.9 Å². The van der Waals surface area contributed by atoms with Gasteiger partial charge in [-0.25, -0.2) is 0 Å². The van der Waals surface area contributed by atoms with Gasteiger partial charge in [0.15, 0.2) is 0 Å². The third kappa shape index (κ3) is 3.70. The minimum Gasteiger partial charge on any atom is -0.468 e. The highest BCUT2D eigenvalue weighted by atomic mass is 35.5. The fourth-order valence-electron chi connectivity index (χ4n) is 2.47. The molecule has 116 valence electrons. The molecular weight excluding hydrogens is 300 g/mol. The molecule has 1 amide bonds. The quantitative estimate of drug-likeness (QED) is 0.880. The van der Waals surface area contributed by atoms with Gasteiger partial charge in [0, 0.05) is 16.8 Å². The van der Waals surface area contributed by atoms with E-state index in [0.717, 1.165) is 29.9 Å². The molecule has 0 bridgehead atoms. The van der Waals surface area contributed by atoms with Crippen LogP contribution in [0.4, 0.5) is 5.69 Å². The molecule has 0 unspecified atom stereocenters. The maximum Gasteiger partial charge on any atom is 0.238 e. The molecule has 1 saturated carbocycles. The summed E-state index contributed by atoms with van der Waals surface area (Å²) >= 11 is 6.08. The second-order valence-electron chi connectivity index (χ2n) is 5.68. The van der Waals surface area contributed by atoms with Crippen LogP contribution in [0.3, 0.4) is 0 Å². The molecule has 0 atom stereocenters. The molecule has 1 aromatic heterocycles. The zero-order valence-electron chi connectivity index (χ0n) is 12.5. The van der Waals surface area contributed by atoms with Gasteiger partial charge in [-0.3, -0.25) is 9.69 Å². The van der Waals surface area contributed by atoms with Crippen LogP contribution < -0.4 is 5.32 Å². The summed E-state index contributed by atoms with van der Waals surface area (Å²) in [7, 11) is 0. The van der Waals surface area contributed by atoms with Crippen molar-refractivity contribution in [3.8, 4) is 0 Å². The Morgan fingerprint density at radius 1 is 1.36 bits per heavy atom. The van der Waals surface area contributed by atoms with Gasteiger partial charge in [0.1, 0.15) is 5.76 Å². The van der Waals surface area contributed by atoms with Crippen LogP contribution in [0, 0.1) is 6.92 Å². The predicted octanol–water partition coefficient (Wildman–Crippen LogP) is 3.84. The summed E-state index contributed by atoms with van der Waals surface area (Å²) in [6, 6.07) is 9.82. The topological polar surface area (TPSA) is 45.5 Å². The highest BCUT2D eigenvalue weighted by Crippen LogP contribution is 2.28. The third-order valence-corrected chi connectivity index (χ3v) is 4.30. The van der Waals surface area contributed by atoms with Crippen LogP contribution in [0.1, 0.15) is 24.2 Å². The third-order valence-electron chi connectivity index (χ3n) is 3.89. The molecule has 22 heavy (non-hydrogen) atoms. The van der Waals surface area contributed by atoms with E-state index in [0.29, 0.717) is 24.2 Å². The van der Waals surface area contributed by atoms with E-state index >= 15 is 0 Å². The second kappa shape index (κ2) is 6.55. The molecule has 0 radical (unpaired) electrons. The maximum atomic E-state index is 12.3. The van der Waals surface area contributed by atoms with Crippen LogP contribution in [-0.4, -0.2) is 23.4 Å². The van der Waals surface area contributed by atoms with Crippen molar-refractivity contribution >= 4 is 23.2 Å². The monoisotopic (exact) mass is 318 g/mol. The predicted molar refractivity (Wildman–Crippen MR) is 87.0 cm³/mol. The average molecular weight is 319 g/mol. The van der Waals surface area contributed by atoms with Crippen LogP contribution in [0.15, 0.2) is 41.0 Å². The second-order valence-corrected chi connectivity index (χ2v) is 6.08. The van der Waals surface area contributed by atoms with Gasteiger partial charge >= 0.3 is 0 Å². The zero-order valence-corrected chi connectivity index (χ0v) is 13.3. The lowest BCUT2D eigenvalue weighted by molar-refractivity contribution is -0.117. The molecule has 3 rings (SSSR count). The first-order valence-corrected chi connectivity index (χ1v) is 7.82. The Morgan fingerprint density at radius 3 is 2.86 bits per heavy atom. The van der Waals surface area contributed by atoms with Gasteiger partial charge < -0.3 is 9.73 Å². The van der Waals surface area contributed by atoms with Crippen molar-refractivity contribution in [2.45, 2.75) is 32.4 Å². The number of hydrogen-bond donors (Lipinski definition) is 1. The Balaban J connectivity index is 1.63. The lowest BCUT2D eigenvalue weighted by atomic mass is 10.2. The van der Waals surface area contributed by atoms with Gasteiger partial charge in [-0.2, -0.15) is 0 Å². The molecule has 1 aliphatic carbocycles. The van der Waals surface area contributed by atoms with Gasteiger partial charge in [0.2, 0.25) is 5.91 Å². The first-order chi connectivity index (χ1) is 10.6. The van der Waals surface area contributed by atoms with Crippen molar-refractivity contribution in [3.63, 3.8) is 0 Å². The lowest BCUT2D eigenvalue weighted by Gasteiger charge is -2.20. The molecule has 0 saturated heterocycles. The molecule has 1 heterocycles. The summed E-state index contributed by atoms with van der Waals surface area (Å²) in [5.74, 6) is 0.863. The van der Waals surface area contributed by atoms with Crippen LogP contribution in [-0.2, 0) is 11.3 Å². The van der Waals surface area contributed by atoms with E-state index < -0.39 is 0 Å². The average Bonchev–Trinajstić information content (AvgIpc) is 3.21. The Morgan fingerprint density at radius 2 is 2.18 bits per heavy atom. The van der Waals surface area contributed by atoms with E-state index in [1.54, 1.807) is 6.26 Å². The largest absolute Gasteiger partial charge is 0.468 e. The number of carbonyl (C=O) groups is 1. The van der Waals surface area contributed by atoms with Gasteiger partial charge in [-0.05, 0) is 49.6 Å². The van der Waals surface area contributed by atoms with Crippen molar-refractivity contribution in [1.82, 2.24) is 4.90 Å². The number of furan rings is 1. The number of carbonyl (C=O) groups excluding carboxylic acids is 1. The number of anilines is 1. The summed E-state index contributed by atoms with van der Waals surface area (Å²) in [6.07, 6.45) is 3.95. The molecule has 2 aromatic rings. The number of rotatable bonds is 6. The molecular formula is C17H19ClN2O2. The molecule has 4 nitrogen and oxygen atoms in total. The fraction of sp³-hybridized carbons (Fsp3) is 0.353. The highest BCUT2D eigenvalue weighted by molar-refractivity contribution is 6.31. The molecule has 1 aliphatic rings. The molecule has 1 aromatic carbocycles. The molecule has 1 fully saturated rings. The minimum absolute atomic E-state index is 0.0242. The van der Waals surface area contributed by atoms with Crippen molar-refractivity contribution in [2.24, 2.45) is 0 Å². The number of nitrogens with zero attached hydrogens (tertiary/aromatic N) is 1. The summed E-state index contributed by atoms with van der Waals surface area (Å²) in [6.45, 7) is 2.93. The maximum absolute atomic E-state index is 12.3. The van der Waals surface area contributed by atoms with Crippen LogP contribution in [0.25, 0.3) is 0 Å². The first-order valence-electron chi connectivity index (χ1n) is 7.45. The number of hydrogen-bond acceptors (Lipinski definition) is 3. The minimum atomic E-state index is -0.0242. The van der Waals surface area contributed by atoms with E-state index in [-0.39, 0.29) is 5.91 Å². The number of halogens is 1. The van der Waals surface area contributed by atoms with Gasteiger partial charge in [0.25, 0.3) is 0 Å². The van der Waals surface area contributed by atoms with E-state index in [1.807, 2.05) is 37.3 Å². The normalized spacial score (nSPS) is 14.3. The van der Waals surface area contributed by atoms with E-state index in [4.69, 9.17) is 16.0 Å². The number of benzene rings is 1. The van der Waals surface area contributed by atoms with Gasteiger partial charge in [-0.1, -0.05) is 17.7 Å². The van der Waals surface area contributed by atoms with Crippen LogP contribution >= 0.6 is 11.6 Å². The molecule has 1 N–H and O–H groups in total. The standard InChI is InChI=1S/C17H19ClN2O2/c1-12-15(18)5-2-6-16(12)19-17(21)11-20(13-7-8-13)10-14-4-3-9-22-14/h2-6,9,13H,7-8,10-11H2,1H3,(H,19,21). The molecule has 0 aliphatic heterocycles. The van der Waals surface area contributed by atoms with E-state index in [9.17, 15) is 4.79 Å². The summed E-state index contributed by atoms with van der Waals surface area (Å²) < 4.78 is 5.39. The van der Waals surface area contributed by atoms with E-state index in [1.165, 1.54) is 0 Å². The molecule has 0 spiro atoms.